The molecule has 0 N–H and O–H groups in total. The third-order valence-corrected chi connectivity index (χ3v) is 2.64. The van der Waals surface area contributed by atoms with Crippen molar-refractivity contribution in [3.05, 3.63) is 22.0 Å². The Morgan fingerprint density at radius 1 is 1.50 bits per heavy atom. The summed E-state index contributed by atoms with van der Waals surface area (Å²) in [6, 6.07) is 0. The van der Waals surface area contributed by atoms with Gasteiger partial charge < -0.3 is 4.42 Å². The first kappa shape index (κ1) is 7.93. The summed E-state index contributed by atoms with van der Waals surface area (Å²) in [5, 5.41) is 1.31. The first-order valence-electron chi connectivity index (χ1n) is 4.10. The molecule has 12 heavy (non-hydrogen) atoms. The zero-order chi connectivity index (χ0) is 8.72. The van der Waals surface area contributed by atoms with Crippen molar-refractivity contribution < 1.29 is 4.42 Å². The lowest BCUT2D eigenvalue weighted by atomic mass is 10.1. The fourth-order valence-electron chi connectivity index (χ4n) is 1.50. The van der Waals surface area contributed by atoms with Crippen LogP contribution in [0.15, 0.2) is 4.42 Å². The third-order valence-electron chi connectivity index (χ3n) is 2.34. The first-order valence-corrected chi connectivity index (χ1v) is 4.54. The Morgan fingerprint density at radius 3 is 3.00 bits per heavy atom. The minimum Gasteiger partial charge on any atom is -0.461 e. The standard InChI is InChI=1S/C10H11ClO/c1-6-7(2)12-10-4-3-8(11)5-9(6)10/h4-5,8H,3H2,1-2H3. The van der Waals surface area contributed by atoms with E-state index in [9.17, 15) is 0 Å². The zero-order valence-electron chi connectivity index (χ0n) is 7.23. The Labute approximate surface area is 76.3 Å². The van der Waals surface area contributed by atoms with E-state index >= 15 is 0 Å². The Balaban J connectivity index is 2.80. The Hall–Kier alpha value is -0.690. The van der Waals surface area contributed by atoms with Gasteiger partial charge in [0.2, 0.25) is 0 Å². The lowest BCUT2D eigenvalue weighted by Crippen LogP contribution is -2.27. The molecule has 1 aromatic heterocycles. The van der Waals surface area contributed by atoms with Gasteiger partial charge in [0.15, 0.2) is 0 Å². The normalized spacial score (nSPS) is 21.1. The van der Waals surface area contributed by atoms with Crippen molar-refractivity contribution in [1.29, 1.82) is 0 Å². The van der Waals surface area contributed by atoms with E-state index in [1.165, 1.54) is 10.8 Å². The number of fused-ring (bicyclic) bond motifs is 1. The van der Waals surface area contributed by atoms with Gasteiger partial charge in [-0.1, -0.05) is 6.08 Å². The Kier molecular flexibility index (Phi) is 1.76. The predicted molar refractivity (Wildman–Crippen MR) is 50.6 cm³/mol. The van der Waals surface area contributed by atoms with Crippen LogP contribution in [0.1, 0.15) is 17.7 Å². The fourth-order valence-corrected chi connectivity index (χ4v) is 1.71. The number of furan rings is 1. The van der Waals surface area contributed by atoms with Crippen LogP contribution in [0.5, 0.6) is 0 Å². The van der Waals surface area contributed by atoms with Crippen molar-refractivity contribution in [2.24, 2.45) is 0 Å². The molecule has 64 valence electrons. The van der Waals surface area contributed by atoms with E-state index < -0.39 is 0 Å². The van der Waals surface area contributed by atoms with E-state index in [1.54, 1.807) is 0 Å². The van der Waals surface area contributed by atoms with E-state index in [4.69, 9.17) is 16.0 Å². The molecule has 0 fully saturated rings. The molecule has 1 unspecified atom stereocenters. The van der Waals surface area contributed by atoms with Crippen LogP contribution in [0, 0.1) is 13.8 Å². The van der Waals surface area contributed by atoms with Gasteiger partial charge in [0, 0.05) is 5.22 Å². The van der Waals surface area contributed by atoms with Crippen LogP contribution in [0.4, 0.5) is 0 Å². The summed E-state index contributed by atoms with van der Waals surface area (Å²) in [4.78, 5) is 0. The number of alkyl halides is 1. The van der Waals surface area contributed by atoms with E-state index in [0.29, 0.717) is 0 Å². The summed E-state index contributed by atoms with van der Waals surface area (Å²) in [7, 11) is 0. The highest BCUT2D eigenvalue weighted by molar-refractivity contribution is 6.24. The van der Waals surface area contributed by atoms with Crippen LogP contribution in [0.25, 0.3) is 12.2 Å². The number of hydrogen-bond donors (Lipinski definition) is 0. The number of halogens is 1. The van der Waals surface area contributed by atoms with E-state index in [1.807, 2.05) is 6.92 Å². The van der Waals surface area contributed by atoms with Gasteiger partial charge in [0.1, 0.15) is 11.2 Å². The summed E-state index contributed by atoms with van der Waals surface area (Å²) in [6.45, 7) is 4.05. The third kappa shape index (κ3) is 1.09. The average molecular weight is 183 g/mol. The van der Waals surface area contributed by atoms with Crippen molar-refractivity contribution in [1.82, 2.24) is 0 Å². The Bertz CT molecular complexity index is 414. The molecule has 0 saturated carbocycles. The van der Waals surface area contributed by atoms with Crippen LogP contribution >= 0.6 is 11.6 Å². The number of hydrogen-bond acceptors (Lipinski definition) is 1. The number of aryl methyl sites for hydroxylation is 1. The SMILES string of the molecule is Cc1oc2c(c1C)=CC(Cl)CC=2. The monoisotopic (exact) mass is 182 g/mol. The summed E-state index contributed by atoms with van der Waals surface area (Å²) < 4.78 is 5.54. The number of rotatable bonds is 0. The van der Waals surface area contributed by atoms with Crippen LogP contribution in [-0.4, -0.2) is 5.38 Å². The van der Waals surface area contributed by atoms with Crippen molar-refractivity contribution in [2.45, 2.75) is 25.6 Å². The van der Waals surface area contributed by atoms with Crippen molar-refractivity contribution in [3.8, 4) is 0 Å². The second kappa shape index (κ2) is 2.67. The van der Waals surface area contributed by atoms with Gasteiger partial charge in [0.25, 0.3) is 0 Å². The molecule has 0 radical (unpaired) electrons. The largest absolute Gasteiger partial charge is 0.461 e. The molecule has 0 spiro atoms. The molecule has 1 atom stereocenters. The zero-order valence-corrected chi connectivity index (χ0v) is 7.98. The molecule has 2 heteroatoms. The highest BCUT2D eigenvalue weighted by Crippen LogP contribution is 2.08. The second-order valence-electron chi connectivity index (χ2n) is 3.18. The predicted octanol–water partition coefficient (Wildman–Crippen LogP) is 1.47. The maximum absolute atomic E-state index is 6.00. The van der Waals surface area contributed by atoms with Crippen molar-refractivity contribution >= 4 is 23.8 Å². The molecule has 2 rings (SSSR count). The summed E-state index contributed by atoms with van der Waals surface area (Å²) in [5.74, 6) is 0.998. The summed E-state index contributed by atoms with van der Waals surface area (Å²) in [6.07, 6.45) is 5.01. The van der Waals surface area contributed by atoms with Crippen LogP contribution in [-0.2, 0) is 0 Å². The lowest BCUT2D eigenvalue weighted by molar-refractivity contribution is 0.497. The fraction of sp³-hybridized carbons (Fsp3) is 0.400. The van der Waals surface area contributed by atoms with Crippen LogP contribution in [0.2, 0.25) is 0 Å². The maximum atomic E-state index is 6.00. The highest BCUT2D eigenvalue weighted by Gasteiger charge is 2.09. The van der Waals surface area contributed by atoms with Crippen molar-refractivity contribution in [3.63, 3.8) is 0 Å². The van der Waals surface area contributed by atoms with Crippen LogP contribution in [0.3, 0.4) is 0 Å². The van der Waals surface area contributed by atoms with Gasteiger partial charge in [0.05, 0.1) is 5.38 Å². The molecule has 1 aromatic rings. The molecule has 1 aliphatic rings. The molecule has 0 aliphatic heterocycles. The van der Waals surface area contributed by atoms with Crippen molar-refractivity contribution in [2.75, 3.05) is 0 Å². The Morgan fingerprint density at radius 2 is 2.25 bits per heavy atom. The summed E-state index contributed by atoms with van der Waals surface area (Å²) >= 11 is 6.00. The van der Waals surface area contributed by atoms with Gasteiger partial charge in [-0.15, -0.1) is 11.6 Å². The van der Waals surface area contributed by atoms with Crippen LogP contribution < -0.4 is 10.6 Å². The molecule has 1 nitrogen and oxygen atoms in total. The summed E-state index contributed by atoms with van der Waals surface area (Å²) in [5.41, 5.74) is 2.20. The lowest BCUT2D eigenvalue weighted by Gasteiger charge is -2.01. The molecule has 0 amide bonds. The molecule has 0 bridgehead atoms. The average Bonchev–Trinajstić information content (AvgIpc) is 2.31. The molecule has 0 saturated heterocycles. The quantitative estimate of drug-likeness (QED) is 0.554. The molecule has 0 aromatic carbocycles. The molecule has 1 heterocycles. The minimum absolute atomic E-state index is 0.133. The van der Waals surface area contributed by atoms with E-state index in [0.717, 1.165) is 17.6 Å². The highest BCUT2D eigenvalue weighted by atomic mass is 35.5. The van der Waals surface area contributed by atoms with Gasteiger partial charge in [-0.2, -0.15) is 0 Å². The van der Waals surface area contributed by atoms with Gasteiger partial charge in [-0.3, -0.25) is 0 Å². The van der Waals surface area contributed by atoms with Gasteiger partial charge >= 0.3 is 0 Å². The van der Waals surface area contributed by atoms with E-state index in [-0.39, 0.29) is 5.38 Å². The van der Waals surface area contributed by atoms with Gasteiger partial charge in [-0.05, 0) is 31.9 Å². The second-order valence-corrected chi connectivity index (χ2v) is 3.74. The molecule has 1 aliphatic carbocycles. The smallest absolute Gasteiger partial charge is 0.130 e. The topological polar surface area (TPSA) is 13.1 Å². The minimum atomic E-state index is 0.133. The first-order chi connectivity index (χ1) is 5.68. The maximum Gasteiger partial charge on any atom is 0.130 e. The van der Waals surface area contributed by atoms with E-state index in [2.05, 4.69) is 19.1 Å². The van der Waals surface area contributed by atoms with Gasteiger partial charge in [-0.25, -0.2) is 0 Å². The molecular weight excluding hydrogens is 172 g/mol. The molecular formula is C10H11ClO.